The molecule has 3 N–H and O–H groups in total. The average molecular weight is 327 g/mol. The van der Waals surface area contributed by atoms with Crippen LogP contribution in [0, 0.1) is 5.82 Å². The summed E-state index contributed by atoms with van der Waals surface area (Å²) in [5.41, 5.74) is 5.80. The van der Waals surface area contributed by atoms with Crippen molar-refractivity contribution in [1.29, 1.82) is 0 Å². The summed E-state index contributed by atoms with van der Waals surface area (Å²) >= 11 is 11.2. The fourth-order valence-electron chi connectivity index (χ4n) is 2.11. The molecular formula is C11H13Cl2FN2O2S. The second-order valence-electron chi connectivity index (χ2n) is 4.50. The van der Waals surface area contributed by atoms with Crippen molar-refractivity contribution in [3.05, 3.63) is 28.0 Å². The number of hydrogen-bond acceptors (Lipinski definition) is 3. The zero-order valence-corrected chi connectivity index (χ0v) is 12.2. The molecule has 2 atom stereocenters. The lowest BCUT2D eigenvalue weighted by molar-refractivity contribution is 0.521. The molecular weight excluding hydrogens is 314 g/mol. The van der Waals surface area contributed by atoms with Crippen LogP contribution in [0.15, 0.2) is 17.0 Å². The highest BCUT2D eigenvalue weighted by Gasteiger charge is 2.30. The molecule has 1 fully saturated rings. The quantitative estimate of drug-likeness (QED) is 0.837. The summed E-state index contributed by atoms with van der Waals surface area (Å²) in [7, 11) is -3.91. The van der Waals surface area contributed by atoms with Crippen LogP contribution < -0.4 is 10.5 Å². The van der Waals surface area contributed by atoms with E-state index in [1.54, 1.807) is 0 Å². The number of nitrogens with two attached hydrogens (primary N) is 1. The molecule has 0 saturated heterocycles. The average Bonchev–Trinajstić information content (AvgIpc) is 2.71. The molecule has 1 aromatic carbocycles. The molecule has 2 unspecified atom stereocenters. The lowest BCUT2D eigenvalue weighted by Crippen LogP contribution is -2.43. The minimum Gasteiger partial charge on any atom is -0.326 e. The van der Waals surface area contributed by atoms with E-state index in [1.165, 1.54) is 6.07 Å². The molecule has 1 aliphatic carbocycles. The Labute approximate surface area is 121 Å². The third-order valence-corrected chi connectivity index (χ3v) is 5.47. The Kier molecular flexibility index (Phi) is 4.37. The Morgan fingerprint density at radius 1 is 1.32 bits per heavy atom. The van der Waals surface area contributed by atoms with Gasteiger partial charge in [-0.3, -0.25) is 0 Å². The molecule has 1 saturated carbocycles. The number of benzene rings is 1. The second kappa shape index (κ2) is 5.54. The Hall–Kier alpha value is -0.400. The smallest absolute Gasteiger partial charge is 0.242 e. The summed E-state index contributed by atoms with van der Waals surface area (Å²) < 4.78 is 40.3. The van der Waals surface area contributed by atoms with Crippen molar-refractivity contribution in [2.24, 2.45) is 5.73 Å². The van der Waals surface area contributed by atoms with Gasteiger partial charge < -0.3 is 5.73 Å². The van der Waals surface area contributed by atoms with Crippen molar-refractivity contribution in [2.75, 3.05) is 0 Å². The van der Waals surface area contributed by atoms with Gasteiger partial charge in [0, 0.05) is 12.1 Å². The normalized spacial score (nSPS) is 23.8. The number of nitrogens with one attached hydrogen (secondary N) is 1. The standard InChI is InChI=1S/C11H13Cl2FN2O2S/c12-6-4-5-9(10(13)11(6)14)19(17,18)16-8-3-1-2-7(8)15/h4-5,7-8,16H,1-3,15H2. The highest BCUT2D eigenvalue weighted by Crippen LogP contribution is 2.30. The van der Waals surface area contributed by atoms with Crippen molar-refractivity contribution in [2.45, 2.75) is 36.2 Å². The van der Waals surface area contributed by atoms with Crippen LogP contribution >= 0.6 is 23.2 Å². The van der Waals surface area contributed by atoms with Gasteiger partial charge in [-0.1, -0.05) is 29.6 Å². The molecule has 1 aromatic rings. The molecule has 19 heavy (non-hydrogen) atoms. The molecule has 0 radical (unpaired) electrons. The maximum Gasteiger partial charge on any atom is 0.242 e. The van der Waals surface area contributed by atoms with Gasteiger partial charge in [0.1, 0.15) is 4.90 Å². The van der Waals surface area contributed by atoms with E-state index in [0.717, 1.165) is 18.9 Å². The first-order chi connectivity index (χ1) is 8.83. The summed E-state index contributed by atoms with van der Waals surface area (Å²) in [6, 6.07) is 1.76. The summed E-state index contributed by atoms with van der Waals surface area (Å²) in [6.07, 6.45) is 2.28. The van der Waals surface area contributed by atoms with Crippen LogP contribution in [0.5, 0.6) is 0 Å². The first kappa shape index (κ1) is 15.0. The number of hydrogen-bond donors (Lipinski definition) is 2. The van der Waals surface area contributed by atoms with E-state index in [1.807, 2.05) is 0 Å². The van der Waals surface area contributed by atoms with Gasteiger partial charge in [-0.15, -0.1) is 0 Å². The van der Waals surface area contributed by atoms with Crippen LogP contribution in [0.4, 0.5) is 4.39 Å². The molecule has 0 amide bonds. The zero-order valence-electron chi connectivity index (χ0n) is 9.87. The predicted octanol–water partition coefficient (Wildman–Crippen LogP) is 2.29. The Morgan fingerprint density at radius 3 is 2.58 bits per heavy atom. The predicted molar refractivity (Wildman–Crippen MR) is 72.4 cm³/mol. The first-order valence-corrected chi connectivity index (χ1v) is 7.98. The minimum atomic E-state index is -3.91. The number of rotatable bonds is 3. The molecule has 0 bridgehead atoms. The molecule has 0 aromatic heterocycles. The Morgan fingerprint density at radius 2 is 2.00 bits per heavy atom. The molecule has 0 spiro atoms. The summed E-state index contributed by atoms with van der Waals surface area (Å²) in [4.78, 5) is -0.324. The van der Waals surface area contributed by atoms with Crippen LogP contribution in [-0.2, 0) is 10.0 Å². The van der Waals surface area contributed by atoms with Gasteiger partial charge in [-0.2, -0.15) is 0 Å². The van der Waals surface area contributed by atoms with Crippen LogP contribution in [0.2, 0.25) is 10.0 Å². The molecule has 2 rings (SSSR count). The van der Waals surface area contributed by atoms with Gasteiger partial charge in [0.05, 0.1) is 10.0 Å². The van der Waals surface area contributed by atoms with Gasteiger partial charge in [-0.25, -0.2) is 17.5 Å². The van der Waals surface area contributed by atoms with Gasteiger partial charge in [0.25, 0.3) is 0 Å². The largest absolute Gasteiger partial charge is 0.326 e. The van der Waals surface area contributed by atoms with Crippen LogP contribution in [0.25, 0.3) is 0 Å². The van der Waals surface area contributed by atoms with Crippen molar-refractivity contribution < 1.29 is 12.8 Å². The fourth-order valence-corrected chi connectivity index (χ4v) is 4.18. The van der Waals surface area contributed by atoms with Crippen LogP contribution in [-0.4, -0.2) is 20.5 Å². The highest BCUT2D eigenvalue weighted by atomic mass is 35.5. The highest BCUT2D eigenvalue weighted by molar-refractivity contribution is 7.89. The third kappa shape index (κ3) is 3.03. The molecule has 0 heterocycles. The van der Waals surface area contributed by atoms with E-state index >= 15 is 0 Å². The summed E-state index contributed by atoms with van der Waals surface area (Å²) in [5.74, 6) is -0.943. The van der Waals surface area contributed by atoms with Gasteiger partial charge in [-0.05, 0) is 25.0 Å². The summed E-state index contributed by atoms with van der Waals surface area (Å²) in [6.45, 7) is 0. The topological polar surface area (TPSA) is 72.2 Å². The molecule has 4 nitrogen and oxygen atoms in total. The summed E-state index contributed by atoms with van der Waals surface area (Å²) in [5, 5.41) is -0.729. The van der Waals surface area contributed by atoms with Gasteiger partial charge >= 0.3 is 0 Å². The van der Waals surface area contributed by atoms with Crippen molar-refractivity contribution in [3.8, 4) is 0 Å². The maximum absolute atomic E-state index is 13.5. The maximum atomic E-state index is 13.5. The fraction of sp³-hybridized carbons (Fsp3) is 0.455. The Balaban J connectivity index is 2.32. The van der Waals surface area contributed by atoms with E-state index in [9.17, 15) is 12.8 Å². The van der Waals surface area contributed by atoms with E-state index in [2.05, 4.69) is 4.72 Å². The minimum absolute atomic E-state index is 0.221. The van der Waals surface area contributed by atoms with Gasteiger partial charge in [0.15, 0.2) is 5.82 Å². The first-order valence-electron chi connectivity index (χ1n) is 5.74. The lowest BCUT2D eigenvalue weighted by atomic mass is 10.2. The van der Waals surface area contributed by atoms with Crippen LogP contribution in [0.3, 0.4) is 0 Å². The van der Waals surface area contributed by atoms with Crippen molar-refractivity contribution >= 4 is 33.2 Å². The SMILES string of the molecule is NC1CCCC1NS(=O)(=O)c1ccc(Cl)c(F)c1Cl. The van der Waals surface area contributed by atoms with E-state index in [-0.39, 0.29) is 22.0 Å². The monoisotopic (exact) mass is 326 g/mol. The van der Waals surface area contributed by atoms with Crippen molar-refractivity contribution in [1.82, 2.24) is 4.72 Å². The molecule has 8 heteroatoms. The third-order valence-electron chi connectivity index (χ3n) is 3.17. The number of halogens is 3. The zero-order chi connectivity index (χ0) is 14.2. The van der Waals surface area contributed by atoms with E-state index < -0.39 is 20.9 Å². The second-order valence-corrected chi connectivity index (χ2v) is 6.96. The Bertz CT molecular complexity index is 595. The van der Waals surface area contributed by atoms with Crippen LogP contribution in [0.1, 0.15) is 19.3 Å². The van der Waals surface area contributed by atoms with Gasteiger partial charge in [0.2, 0.25) is 10.0 Å². The van der Waals surface area contributed by atoms with E-state index in [4.69, 9.17) is 28.9 Å². The van der Waals surface area contributed by atoms with Crippen molar-refractivity contribution in [3.63, 3.8) is 0 Å². The molecule has 0 aliphatic heterocycles. The van der Waals surface area contributed by atoms with E-state index in [0.29, 0.717) is 6.42 Å². The molecule has 106 valence electrons. The lowest BCUT2D eigenvalue weighted by Gasteiger charge is -2.18. The number of sulfonamides is 1. The molecule has 1 aliphatic rings.